The Labute approximate surface area is 136 Å². The van der Waals surface area contributed by atoms with Crippen molar-refractivity contribution in [1.82, 2.24) is 10.2 Å². The summed E-state index contributed by atoms with van der Waals surface area (Å²) in [5, 5.41) is 2.88. The Morgan fingerprint density at radius 1 is 1.26 bits per heavy atom. The zero-order chi connectivity index (χ0) is 16.9. The van der Waals surface area contributed by atoms with E-state index in [0.29, 0.717) is 18.8 Å². The first-order chi connectivity index (χ1) is 10.8. The monoisotopic (exact) mass is 320 g/mol. The predicted octanol–water partition coefficient (Wildman–Crippen LogP) is 2.19. The van der Waals surface area contributed by atoms with E-state index in [0.717, 1.165) is 6.42 Å². The molecule has 23 heavy (non-hydrogen) atoms. The maximum absolute atomic E-state index is 12.0. The van der Waals surface area contributed by atoms with Gasteiger partial charge in [0, 0.05) is 19.1 Å². The van der Waals surface area contributed by atoms with E-state index in [9.17, 15) is 9.59 Å². The Hall–Kier alpha value is -2.24. The van der Waals surface area contributed by atoms with Gasteiger partial charge in [0.15, 0.2) is 6.61 Å². The second-order valence-electron chi connectivity index (χ2n) is 6.58. The van der Waals surface area contributed by atoms with E-state index in [1.54, 1.807) is 17.0 Å². The lowest BCUT2D eigenvalue weighted by Crippen LogP contribution is -2.41. The molecule has 2 rings (SSSR count). The molecule has 1 aliphatic heterocycles. The number of para-hydroxylation sites is 1. The Balaban J connectivity index is 1.72. The summed E-state index contributed by atoms with van der Waals surface area (Å²) in [4.78, 5) is 25.5. The standard InChI is InChI=1S/C17H24N2O4/c1-17(2,3)23-16(21)19-10-9-13(11-19)18-15(20)12-22-14-7-5-4-6-8-14/h4-8,13H,9-12H2,1-3H3,(H,18,20). The molecular formula is C17H24N2O4. The number of nitrogens with zero attached hydrogens (tertiary/aromatic N) is 1. The highest BCUT2D eigenvalue weighted by atomic mass is 16.6. The third-order valence-electron chi connectivity index (χ3n) is 3.32. The number of carbonyl (C=O) groups excluding carboxylic acids is 2. The highest BCUT2D eigenvalue weighted by Gasteiger charge is 2.30. The van der Waals surface area contributed by atoms with Crippen LogP contribution < -0.4 is 10.1 Å². The van der Waals surface area contributed by atoms with E-state index in [1.807, 2.05) is 39.0 Å². The average molecular weight is 320 g/mol. The van der Waals surface area contributed by atoms with Gasteiger partial charge in [-0.1, -0.05) is 18.2 Å². The first-order valence-corrected chi connectivity index (χ1v) is 7.78. The van der Waals surface area contributed by atoms with E-state index in [2.05, 4.69) is 5.32 Å². The van der Waals surface area contributed by atoms with Gasteiger partial charge in [-0.3, -0.25) is 4.79 Å². The molecule has 0 aliphatic carbocycles. The quantitative estimate of drug-likeness (QED) is 0.923. The van der Waals surface area contributed by atoms with E-state index in [1.165, 1.54) is 0 Å². The molecular weight excluding hydrogens is 296 g/mol. The molecule has 6 nitrogen and oxygen atoms in total. The van der Waals surface area contributed by atoms with Gasteiger partial charge < -0.3 is 19.7 Å². The lowest BCUT2D eigenvalue weighted by molar-refractivity contribution is -0.123. The minimum Gasteiger partial charge on any atom is -0.484 e. The number of carbonyl (C=O) groups is 2. The predicted molar refractivity (Wildman–Crippen MR) is 86.3 cm³/mol. The number of hydrogen-bond donors (Lipinski definition) is 1. The van der Waals surface area contributed by atoms with Crippen molar-refractivity contribution < 1.29 is 19.1 Å². The van der Waals surface area contributed by atoms with Crippen molar-refractivity contribution in [3.05, 3.63) is 30.3 Å². The number of hydrogen-bond acceptors (Lipinski definition) is 4. The Morgan fingerprint density at radius 2 is 1.96 bits per heavy atom. The van der Waals surface area contributed by atoms with Crippen LogP contribution in [-0.4, -0.2) is 48.2 Å². The SMILES string of the molecule is CC(C)(C)OC(=O)N1CCC(NC(=O)COc2ccccc2)C1. The molecule has 0 aromatic heterocycles. The van der Waals surface area contributed by atoms with Crippen LogP contribution in [0.15, 0.2) is 30.3 Å². The number of amides is 2. The molecule has 0 bridgehead atoms. The fraction of sp³-hybridized carbons (Fsp3) is 0.529. The molecule has 0 spiro atoms. The molecule has 1 unspecified atom stereocenters. The van der Waals surface area contributed by atoms with Crippen molar-refractivity contribution in [2.75, 3.05) is 19.7 Å². The zero-order valence-electron chi connectivity index (χ0n) is 13.9. The molecule has 1 saturated heterocycles. The van der Waals surface area contributed by atoms with Crippen LogP contribution in [0.4, 0.5) is 4.79 Å². The van der Waals surface area contributed by atoms with Gasteiger partial charge in [-0.25, -0.2) is 4.79 Å². The summed E-state index contributed by atoms with van der Waals surface area (Å²) in [6.07, 6.45) is 0.380. The number of ether oxygens (including phenoxy) is 2. The van der Waals surface area contributed by atoms with Crippen LogP contribution in [0.2, 0.25) is 0 Å². The first-order valence-electron chi connectivity index (χ1n) is 7.78. The molecule has 0 radical (unpaired) electrons. The third kappa shape index (κ3) is 5.81. The van der Waals surface area contributed by atoms with Gasteiger partial charge in [-0.15, -0.1) is 0 Å². The lowest BCUT2D eigenvalue weighted by Gasteiger charge is -2.24. The summed E-state index contributed by atoms with van der Waals surface area (Å²) in [6, 6.07) is 9.12. The van der Waals surface area contributed by atoms with Crippen LogP contribution >= 0.6 is 0 Å². The highest BCUT2D eigenvalue weighted by molar-refractivity contribution is 5.78. The van der Waals surface area contributed by atoms with Crippen molar-refractivity contribution in [2.24, 2.45) is 0 Å². The summed E-state index contributed by atoms with van der Waals surface area (Å²) >= 11 is 0. The van der Waals surface area contributed by atoms with Crippen LogP contribution in [0.25, 0.3) is 0 Å². The molecule has 1 heterocycles. The highest BCUT2D eigenvalue weighted by Crippen LogP contribution is 2.15. The van der Waals surface area contributed by atoms with E-state index >= 15 is 0 Å². The van der Waals surface area contributed by atoms with Crippen molar-refractivity contribution in [1.29, 1.82) is 0 Å². The molecule has 1 N–H and O–H groups in total. The van der Waals surface area contributed by atoms with E-state index in [4.69, 9.17) is 9.47 Å². The fourth-order valence-corrected chi connectivity index (χ4v) is 2.31. The minimum atomic E-state index is -0.512. The normalized spacial score (nSPS) is 17.7. The second kappa shape index (κ2) is 7.35. The largest absolute Gasteiger partial charge is 0.484 e. The lowest BCUT2D eigenvalue weighted by atomic mass is 10.2. The Kier molecular flexibility index (Phi) is 5.47. The number of rotatable bonds is 4. The van der Waals surface area contributed by atoms with Gasteiger partial charge in [0.05, 0.1) is 0 Å². The maximum Gasteiger partial charge on any atom is 0.410 e. The number of benzene rings is 1. The topological polar surface area (TPSA) is 67.9 Å². The fourth-order valence-electron chi connectivity index (χ4n) is 2.31. The molecule has 2 amide bonds. The van der Waals surface area contributed by atoms with Gasteiger partial charge in [-0.05, 0) is 39.3 Å². The van der Waals surface area contributed by atoms with Gasteiger partial charge in [0.1, 0.15) is 11.4 Å². The molecule has 1 fully saturated rings. The average Bonchev–Trinajstić information content (AvgIpc) is 2.93. The first kappa shape index (κ1) is 17.1. The molecule has 1 aromatic carbocycles. The van der Waals surface area contributed by atoms with Crippen LogP contribution in [0.1, 0.15) is 27.2 Å². The smallest absolute Gasteiger partial charge is 0.410 e. The van der Waals surface area contributed by atoms with Crippen LogP contribution in [0.3, 0.4) is 0 Å². The van der Waals surface area contributed by atoms with Crippen LogP contribution in [0, 0.1) is 0 Å². The molecule has 1 aliphatic rings. The third-order valence-corrected chi connectivity index (χ3v) is 3.32. The van der Waals surface area contributed by atoms with Gasteiger partial charge in [-0.2, -0.15) is 0 Å². The van der Waals surface area contributed by atoms with Crippen molar-refractivity contribution in [3.8, 4) is 5.75 Å². The molecule has 0 saturated carbocycles. The van der Waals surface area contributed by atoms with Crippen molar-refractivity contribution in [2.45, 2.75) is 38.8 Å². The van der Waals surface area contributed by atoms with Gasteiger partial charge in [0.2, 0.25) is 0 Å². The molecule has 6 heteroatoms. The minimum absolute atomic E-state index is 0.0348. The summed E-state index contributed by atoms with van der Waals surface area (Å²) in [6.45, 7) is 6.52. The van der Waals surface area contributed by atoms with Gasteiger partial charge >= 0.3 is 6.09 Å². The molecule has 126 valence electrons. The second-order valence-corrected chi connectivity index (χ2v) is 6.58. The summed E-state index contributed by atoms with van der Waals surface area (Å²) in [7, 11) is 0. The summed E-state index contributed by atoms with van der Waals surface area (Å²) < 4.78 is 10.7. The number of nitrogens with one attached hydrogen (secondary N) is 1. The Morgan fingerprint density at radius 3 is 2.61 bits per heavy atom. The number of likely N-dealkylation sites (tertiary alicyclic amines) is 1. The molecule has 1 atom stereocenters. The van der Waals surface area contributed by atoms with Crippen LogP contribution in [-0.2, 0) is 9.53 Å². The molecule has 1 aromatic rings. The zero-order valence-corrected chi connectivity index (χ0v) is 13.9. The summed E-state index contributed by atoms with van der Waals surface area (Å²) in [5.41, 5.74) is -0.512. The van der Waals surface area contributed by atoms with Crippen molar-refractivity contribution >= 4 is 12.0 Å². The Bertz CT molecular complexity index is 539. The van der Waals surface area contributed by atoms with Crippen LogP contribution in [0.5, 0.6) is 5.75 Å². The van der Waals surface area contributed by atoms with E-state index < -0.39 is 5.60 Å². The van der Waals surface area contributed by atoms with Crippen molar-refractivity contribution in [3.63, 3.8) is 0 Å². The van der Waals surface area contributed by atoms with Gasteiger partial charge in [0.25, 0.3) is 5.91 Å². The maximum atomic E-state index is 12.0. The van der Waals surface area contributed by atoms with E-state index in [-0.39, 0.29) is 24.6 Å². The summed E-state index contributed by atoms with van der Waals surface area (Å²) in [5.74, 6) is 0.467.